The van der Waals surface area contributed by atoms with Gasteiger partial charge in [0.15, 0.2) is 0 Å². The topological polar surface area (TPSA) is 44.0 Å². The summed E-state index contributed by atoms with van der Waals surface area (Å²) in [5.41, 5.74) is 2.17. The lowest BCUT2D eigenvalue weighted by molar-refractivity contribution is 0.471. The molecule has 1 N–H and O–H groups in total. The second kappa shape index (κ2) is 6.09. The van der Waals surface area contributed by atoms with Gasteiger partial charge in [0.1, 0.15) is 5.75 Å². The summed E-state index contributed by atoms with van der Waals surface area (Å²) in [5, 5.41) is 19.3. The Bertz CT molecular complexity index is 689. The van der Waals surface area contributed by atoms with E-state index in [-0.39, 0.29) is 5.75 Å². The molecule has 0 radical (unpaired) electrons. The van der Waals surface area contributed by atoms with E-state index in [0.29, 0.717) is 10.6 Å². The molecule has 0 amide bonds. The summed E-state index contributed by atoms with van der Waals surface area (Å²) in [7, 11) is 0. The fourth-order valence-corrected chi connectivity index (χ4v) is 2.35. The lowest BCUT2D eigenvalue weighted by Crippen LogP contribution is -1.83. The molecule has 0 aliphatic rings. The molecule has 4 heteroatoms. The van der Waals surface area contributed by atoms with E-state index in [1.54, 1.807) is 30.3 Å². The number of aromatic hydroxyl groups is 1. The van der Waals surface area contributed by atoms with E-state index in [1.165, 1.54) is 0 Å². The maximum atomic E-state index is 9.48. The maximum Gasteiger partial charge on any atom is 0.128 e. The molecule has 2 aromatic carbocycles. The molecule has 2 aromatic rings. The Morgan fingerprint density at radius 2 is 2.05 bits per heavy atom. The summed E-state index contributed by atoms with van der Waals surface area (Å²) in [5.74, 6) is 0.235. The minimum Gasteiger partial charge on any atom is -0.507 e. The largest absolute Gasteiger partial charge is 0.507 e. The zero-order valence-corrected chi connectivity index (χ0v) is 12.7. The molecule has 0 atom stereocenters. The number of hydrogen-bond acceptors (Lipinski definition) is 2. The first kappa shape index (κ1) is 13.9. The van der Waals surface area contributed by atoms with Gasteiger partial charge in [-0.15, -0.1) is 0 Å². The van der Waals surface area contributed by atoms with Crippen LogP contribution in [-0.2, 0) is 0 Å². The van der Waals surface area contributed by atoms with Gasteiger partial charge in [0.2, 0.25) is 0 Å². The quantitative estimate of drug-likeness (QED) is 0.465. The Balaban J connectivity index is 2.44. The number of nitriles is 1. The molecule has 0 aromatic heterocycles. The highest BCUT2D eigenvalue weighted by Crippen LogP contribution is 2.24. The Morgan fingerprint density at radius 1 is 1.26 bits per heavy atom. The van der Waals surface area contributed by atoms with Crippen LogP contribution in [0.3, 0.4) is 0 Å². The minimum atomic E-state index is 0.235. The highest BCUT2D eigenvalue weighted by Gasteiger charge is 2.03. The molecular weight excluding hydrogens is 373 g/mol. The van der Waals surface area contributed by atoms with Gasteiger partial charge < -0.3 is 5.11 Å². The third-order valence-corrected chi connectivity index (χ3v) is 3.64. The smallest absolute Gasteiger partial charge is 0.128 e. The van der Waals surface area contributed by atoms with Crippen LogP contribution in [-0.4, -0.2) is 5.11 Å². The Hall–Kier alpha value is -1.51. The van der Waals surface area contributed by atoms with Crippen molar-refractivity contribution in [2.75, 3.05) is 0 Å². The number of benzene rings is 2. The lowest BCUT2D eigenvalue weighted by atomic mass is 10.0. The fourth-order valence-electron chi connectivity index (χ4n) is 1.62. The van der Waals surface area contributed by atoms with Crippen LogP contribution in [0.5, 0.6) is 5.75 Å². The number of allylic oxidation sites excluding steroid dienone is 1. The molecular formula is C15H9ClINO. The molecule has 0 heterocycles. The summed E-state index contributed by atoms with van der Waals surface area (Å²) in [6.45, 7) is 0. The van der Waals surface area contributed by atoms with Crippen molar-refractivity contribution in [2.45, 2.75) is 0 Å². The molecule has 19 heavy (non-hydrogen) atoms. The number of nitrogens with zero attached hydrogens (tertiary/aromatic N) is 1. The van der Waals surface area contributed by atoms with E-state index in [2.05, 4.69) is 6.07 Å². The molecule has 2 rings (SSSR count). The molecule has 0 saturated heterocycles. The predicted octanol–water partition coefficient (Wildman–Crippen LogP) is 4.71. The van der Waals surface area contributed by atoms with Crippen molar-refractivity contribution in [1.29, 1.82) is 5.26 Å². The molecule has 0 aliphatic heterocycles. The molecule has 0 saturated carbocycles. The zero-order chi connectivity index (χ0) is 13.8. The number of phenols is 1. The Morgan fingerprint density at radius 3 is 2.68 bits per heavy atom. The van der Waals surface area contributed by atoms with Gasteiger partial charge in [-0.2, -0.15) is 5.26 Å². The summed E-state index contributed by atoms with van der Waals surface area (Å²) >= 11 is 7.97. The van der Waals surface area contributed by atoms with E-state index < -0.39 is 0 Å². The number of rotatable bonds is 2. The van der Waals surface area contributed by atoms with E-state index in [4.69, 9.17) is 11.6 Å². The first-order valence-electron chi connectivity index (χ1n) is 5.46. The number of hydrogen-bond donors (Lipinski definition) is 1. The van der Waals surface area contributed by atoms with Crippen LogP contribution in [0, 0.1) is 14.9 Å². The second-order valence-corrected chi connectivity index (χ2v) is 5.49. The summed E-state index contributed by atoms with van der Waals surface area (Å²) in [6.07, 6.45) is 1.77. The molecule has 94 valence electrons. The lowest BCUT2D eigenvalue weighted by Gasteiger charge is -2.02. The van der Waals surface area contributed by atoms with Crippen molar-refractivity contribution >= 4 is 45.8 Å². The maximum absolute atomic E-state index is 9.48. The zero-order valence-electron chi connectivity index (χ0n) is 9.77. The Kier molecular flexibility index (Phi) is 4.46. The molecule has 0 aliphatic carbocycles. The third-order valence-electron chi connectivity index (χ3n) is 2.54. The highest BCUT2D eigenvalue weighted by molar-refractivity contribution is 14.1. The summed E-state index contributed by atoms with van der Waals surface area (Å²) in [4.78, 5) is 0. The van der Waals surface area contributed by atoms with E-state index in [0.717, 1.165) is 14.7 Å². The first-order chi connectivity index (χ1) is 9.10. The van der Waals surface area contributed by atoms with Crippen molar-refractivity contribution in [3.8, 4) is 11.8 Å². The normalized spacial score (nSPS) is 11.1. The monoisotopic (exact) mass is 381 g/mol. The van der Waals surface area contributed by atoms with Crippen molar-refractivity contribution in [1.82, 2.24) is 0 Å². The van der Waals surface area contributed by atoms with Crippen molar-refractivity contribution in [2.24, 2.45) is 0 Å². The standard InChI is InChI=1S/C15H9ClINO/c16-13-3-1-2-11(8-13)12(9-18)6-10-4-5-15(19)14(17)7-10/h1-8,19H/b12-6-. The predicted molar refractivity (Wildman–Crippen MR) is 85.8 cm³/mol. The van der Waals surface area contributed by atoms with Crippen LogP contribution in [0.2, 0.25) is 5.02 Å². The van der Waals surface area contributed by atoms with Gasteiger partial charge in [-0.1, -0.05) is 29.8 Å². The van der Waals surface area contributed by atoms with Crippen molar-refractivity contribution in [3.05, 3.63) is 62.2 Å². The van der Waals surface area contributed by atoms with E-state index in [9.17, 15) is 10.4 Å². The summed E-state index contributed by atoms with van der Waals surface area (Å²) in [6, 6.07) is 14.5. The van der Waals surface area contributed by atoms with Gasteiger partial charge in [-0.3, -0.25) is 0 Å². The second-order valence-electron chi connectivity index (χ2n) is 3.89. The third kappa shape index (κ3) is 3.49. The molecule has 0 spiro atoms. The Labute approximate surface area is 130 Å². The van der Waals surface area contributed by atoms with E-state index >= 15 is 0 Å². The molecule has 0 fully saturated rings. The fraction of sp³-hybridized carbons (Fsp3) is 0. The number of phenolic OH excluding ortho intramolecular Hbond substituents is 1. The van der Waals surface area contributed by atoms with Gasteiger partial charge in [0.25, 0.3) is 0 Å². The average molecular weight is 382 g/mol. The number of halogens is 2. The van der Waals surface area contributed by atoms with Gasteiger partial charge in [0.05, 0.1) is 15.2 Å². The molecule has 0 bridgehead atoms. The van der Waals surface area contributed by atoms with Crippen LogP contribution in [0.15, 0.2) is 42.5 Å². The molecule has 0 unspecified atom stereocenters. The summed E-state index contributed by atoms with van der Waals surface area (Å²) < 4.78 is 0.745. The highest BCUT2D eigenvalue weighted by atomic mass is 127. The van der Waals surface area contributed by atoms with Crippen LogP contribution < -0.4 is 0 Å². The van der Waals surface area contributed by atoms with Gasteiger partial charge in [0, 0.05) is 5.02 Å². The SMILES string of the molecule is N#C/C(=C/c1ccc(O)c(I)c1)c1cccc(Cl)c1. The van der Waals surface area contributed by atoms with Gasteiger partial charge in [-0.05, 0) is 64.1 Å². The first-order valence-corrected chi connectivity index (χ1v) is 6.92. The van der Waals surface area contributed by atoms with Gasteiger partial charge >= 0.3 is 0 Å². The van der Waals surface area contributed by atoms with E-state index in [1.807, 2.05) is 40.8 Å². The van der Waals surface area contributed by atoms with Gasteiger partial charge in [-0.25, -0.2) is 0 Å². The van der Waals surface area contributed by atoms with Crippen LogP contribution >= 0.6 is 34.2 Å². The van der Waals surface area contributed by atoms with Crippen LogP contribution in [0.25, 0.3) is 11.6 Å². The van der Waals surface area contributed by atoms with Crippen LogP contribution in [0.4, 0.5) is 0 Å². The molecule has 2 nitrogen and oxygen atoms in total. The minimum absolute atomic E-state index is 0.235. The van der Waals surface area contributed by atoms with Crippen molar-refractivity contribution < 1.29 is 5.11 Å². The average Bonchev–Trinajstić information content (AvgIpc) is 2.40. The van der Waals surface area contributed by atoms with Crippen molar-refractivity contribution in [3.63, 3.8) is 0 Å². The van der Waals surface area contributed by atoms with Crippen LogP contribution in [0.1, 0.15) is 11.1 Å².